The van der Waals surface area contributed by atoms with Gasteiger partial charge in [0.15, 0.2) is 12.2 Å². The van der Waals surface area contributed by atoms with Crippen LogP contribution in [-0.4, -0.2) is 25.0 Å². The van der Waals surface area contributed by atoms with Gasteiger partial charge in [0.25, 0.3) is 6.33 Å². The fourth-order valence-corrected chi connectivity index (χ4v) is 2.44. The highest BCUT2D eigenvalue weighted by Gasteiger charge is 2.12. The van der Waals surface area contributed by atoms with E-state index in [1.54, 1.807) is 49.4 Å². The molecule has 3 rings (SSSR count). The molecule has 0 atom stereocenters. The van der Waals surface area contributed by atoms with Crippen LogP contribution < -0.4 is 14.0 Å². The molecule has 0 aliphatic carbocycles. The SMILES string of the molecule is Br.COc1ccc(C(=O)C[n+]2ccc(-c3ccc(OC)cc3)nc2)cc1. The van der Waals surface area contributed by atoms with E-state index in [0.29, 0.717) is 5.56 Å². The van der Waals surface area contributed by atoms with Crippen molar-refractivity contribution in [2.75, 3.05) is 14.2 Å². The third-order valence-electron chi connectivity index (χ3n) is 3.89. The number of carbonyl (C=O) groups excluding carboxylic acids is 1. The van der Waals surface area contributed by atoms with Crippen molar-refractivity contribution in [3.05, 3.63) is 72.7 Å². The highest BCUT2D eigenvalue weighted by Crippen LogP contribution is 2.19. The molecule has 0 bridgehead atoms. The van der Waals surface area contributed by atoms with Crippen molar-refractivity contribution in [2.24, 2.45) is 0 Å². The third kappa shape index (κ3) is 4.67. The first-order chi connectivity index (χ1) is 12.2. The summed E-state index contributed by atoms with van der Waals surface area (Å²) in [6.07, 6.45) is 3.52. The van der Waals surface area contributed by atoms with Gasteiger partial charge in [-0.05, 0) is 53.5 Å². The summed E-state index contributed by atoms with van der Waals surface area (Å²) in [6, 6.07) is 16.7. The minimum atomic E-state index is 0. The average molecular weight is 416 g/mol. The van der Waals surface area contributed by atoms with Gasteiger partial charge < -0.3 is 9.47 Å². The highest BCUT2D eigenvalue weighted by molar-refractivity contribution is 8.93. The number of nitrogens with zero attached hydrogens (tertiary/aromatic N) is 2. The number of rotatable bonds is 6. The summed E-state index contributed by atoms with van der Waals surface area (Å²) >= 11 is 0. The van der Waals surface area contributed by atoms with Crippen molar-refractivity contribution in [3.63, 3.8) is 0 Å². The standard InChI is InChI=1S/C20H19N2O3.BrH/c1-24-17-7-3-15(4-8-17)19-11-12-22(14-21-19)13-20(23)16-5-9-18(25-2)10-6-16;/h3-12,14H,13H2,1-2H3;1H/q+1;. The van der Waals surface area contributed by atoms with Crippen LogP contribution in [0.1, 0.15) is 10.4 Å². The Labute approximate surface area is 163 Å². The molecule has 0 aliphatic heterocycles. The summed E-state index contributed by atoms with van der Waals surface area (Å²) < 4.78 is 12.0. The molecule has 0 saturated heterocycles. The number of Topliss-reactive ketones (excluding diaryl/α,β-unsaturated/α-hetero) is 1. The first-order valence-corrected chi connectivity index (χ1v) is 7.86. The fraction of sp³-hybridized carbons (Fsp3) is 0.150. The molecule has 134 valence electrons. The maximum Gasteiger partial charge on any atom is 0.287 e. The smallest absolute Gasteiger partial charge is 0.287 e. The predicted molar refractivity (Wildman–Crippen MR) is 104 cm³/mol. The Hall–Kier alpha value is -2.73. The maximum absolute atomic E-state index is 12.3. The molecule has 0 radical (unpaired) electrons. The maximum atomic E-state index is 12.3. The number of halogens is 1. The topological polar surface area (TPSA) is 52.3 Å². The number of benzene rings is 2. The number of hydrogen-bond acceptors (Lipinski definition) is 4. The van der Waals surface area contributed by atoms with Gasteiger partial charge in [-0.15, -0.1) is 17.0 Å². The molecule has 0 amide bonds. The normalized spacial score (nSPS) is 9.92. The Morgan fingerprint density at radius 1 is 0.923 bits per heavy atom. The lowest BCUT2D eigenvalue weighted by atomic mass is 10.1. The van der Waals surface area contributed by atoms with Crippen LogP contribution in [0.5, 0.6) is 11.5 Å². The zero-order valence-corrected chi connectivity index (χ0v) is 16.3. The first-order valence-electron chi connectivity index (χ1n) is 7.86. The Kier molecular flexibility index (Phi) is 6.86. The molecule has 0 N–H and O–H groups in total. The van der Waals surface area contributed by atoms with Crippen LogP contribution in [0, 0.1) is 0 Å². The summed E-state index contributed by atoms with van der Waals surface area (Å²) in [5, 5.41) is 0. The van der Waals surface area contributed by atoms with Crippen LogP contribution in [0.4, 0.5) is 0 Å². The van der Waals surface area contributed by atoms with Gasteiger partial charge in [-0.25, -0.2) is 4.57 Å². The number of ether oxygens (including phenoxy) is 2. The minimum Gasteiger partial charge on any atom is -0.497 e. The van der Waals surface area contributed by atoms with Gasteiger partial charge in [0.1, 0.15) is 11.5 Å². The Morgan fingerprint density at radius 3 is 2.00 bits per heavy atom. The lowest BCUT2D eigenvalue weighted by molar-refractivity contribution is -0.686. The third-order valence-corrected chi connectivity index (χ3v) is 3.89. The minimum absolute atomic E-state index is 0. The summed E-state index contributed by atoms with van der Waals surface area (Å²) in [5.41, 5.74) is 2.48. The van der Waals surface area contributed by atoms with Crippen molar-refractivity contribution in [2.45, 2.75) is 6.54 Å². The van der Waals surface area contributed by atoms with E-state index < -0.39 is 0 Å². The number of hydrogen-bond donors (Lipinski definition) is 0. The van der Waals surface area contributed by atoms with Gasteiger partial charge >= 0.3 is 0 Å². The molecule has 0 fully saturated rings. The molecule has 1 aromatic heterocycles. The zero-order chi connectivity index (χ0) is 17.6. The lowest BCUT2D eigenvalue weighted by Crippen LogP contribution is -2.37. The Balaban J connectivity index is 0.00000243. The van der Waals surface area contributed by atoms with Crippen molar-refractivity contribution >= 4 is 22.8 Å². The van der Waals surface area contributed by atoms with E-state index in [2.05, 4.69) is 4.98 Å². The van der Waals surface area contributed by atoms with Crippen molar-refractivity contribution in [3.8, 4) is 22.8 Å². The average Bonchev–Trinajstić information content (AvgIpc) is 2.68. The highest BCUT2D eigenvalue weighted by atomic mass is 79.9. The quantitative estimate of drug-likeness (QED) is 0.456. The number of methoxy groups -OCH3 is 2. The molecule has 0 spiro atoms. The monoisotopic (exact) mass is 415 g/mol. The molecule has 6 heteroatoms. The Morgan fingerprint density at radius 2 is 1.50 bits per heavy atom. The number of aromatic nitrogens is 2. The van der Waals surface area contributed by atoms with E-state index in [1.165, 1.54) is 0 Å². The van der Waals surface area contributed by atoms with Crippen molar-refractivity contribution in [1.29, 1.82) is 0 Å². The molecule has 2 aromatic carbocycles. The molecular formula is C20H20BrN2O3+. The van der Waals surface area contributed by atoms with E-state index in [-0.39, 0.29) is 29.3 Å². The summed E-state index contributed by atoms with van der Waals surface area (Å²) in [4.78, 5) is 16.8. The molecule has 26 heavy (non-hydrogen) atoms. The fourth-order valence-electron chi connectivity index (χ4n) is 2.44. The van der Waals surface area contributed by atoms with Crippen LogP contribution in [0.15, 0.2) is 67.1 Å². The van der Waals surface area contributed by atoms with Crippen LogP contribution in [0.25, 0.3) is 11.3 Å². The van der Waals surface area contributed by atoms with Gasteiger partial charge in [0, 0.05) is 17.2 Å². The van der Waals surface area contributed by atoms with Crippen LogP contribution in [0.2, 0.25) is 0 Å². The Bertz CT molecular complexity index is 848. The molecule has 3 aromatic rings. The number of ketones is 1. The van der Waals surface area contributed by atoms with E-state index in [4.69, 9.17) is 9.47 Å². The van der Waals surface area contributed by atoms with E-state index in [0.717, 1.165) is 22.8 Å². The van der Waals surface area contributed by atoms with E-state index in [9.17, 15) is 4.79 Å². The predicted octanol–water partition coefficient (Wildman–Crippen LogP) is 3.51. The molecule has 0 unspecified atom stereocenters. The largest absolute Gasteiger partial charge is 0.497 e. The van der Waals surface area contributed by atoms with Crippen molar-refractivity contribution in [1.82, 2.24) is 4.98 Å². The van der Waals surface area contributed by atoms with E-state index >= 15 is 0 Å². The summed E-state index contributed by atoms with van der Waals surface area (Å²) in [7, 11) is 3.24. The molecule has 1 heterocycles. The second-order valence-corrected chi connectivity index (χ2v) is 5.50. The van der Waals surface area contributed by atoms with Gasteiger partial charge in [-0.2, -0.15) is 0 Å². The van der Waals surface area contributed by atoms with E-state index in [1.807, 2.05) is 36.5 Å². The second kappa shape index (κ2) is 9.10. The second-order valence-electron chi connectivity index (χ2n) is 5.50. The number of carbonyl (C=O) groups is 1. The molecule has 0 aliphatic rings. The van der Waals surface area contributed by atoms with Crippen LogP contribution in [-0.2, 0) is 6.54 Å². The molecular weight excluding hydrogens is 396 g/mol. The lowest BCUT2D eigenvalue weighted by Gasteiger charge is -2.03. The van der Waals surface area contributed by atoms with Crippen LogP contribution in [0.3, 0.4) is 0 Å². The zero-order valence-electron chi connectivity index (χ0n) is 14.6. The van der Waals surface area contributed by atoms with Crippen molar-refractivity contribution < 1.29 is 18.8 Å². The molecule has 5 nitrogen and oxygen atoms in total. The van der Waals surface area contributed by atoms with Gasteiger partial charge in [0.05, 0.1) is 20.4 Å². The van der Waals surface area contributed by atoms with Gasteiger partial charge in [-0.1, -0.05) is 0 Å². The summed E-state index contributed by atoms with van der Waals surface area (Å²) in [5.74, 6) is 1.56. The summed E-state index contributed by atoms with van der Waals surface area (Å²) in [6.45, 7) is 0.238. The first kappa shape index (κ1) is 19.6. The molecule has 0 saturated carbocycles. The van der Waals surface area contributed by atoms with Gasteiger partial charge in [0.2, 0.25) is 5.78 Å². The van der Waals surface area contributed by atoms with Gasteiger partial charge in [-0.3, -0.25) is 4.79 Å². The van der Waals surface area contributed by atoms with Crippen LogP contribution >= 0.6 is 17.0 Å².